The molecule has 6 nitrogen and oxygen atoms in total. The molecule has 0 saturated carbocycles. The third kappa shape index (κ3) is 3.82. The van der Waals surface area contributed by atoms with Gasteiger partial charge in [0.2, 0.25) is 0 Å². The highest BCUT2D eigenvalue weighted by Gasteiger charge is 2.29. The first-order chi connectivity index (χ1) is 12.1. The number of nitriles is 1. The molecule has 0 radical (unpaired) electrons. The number of likely N-dealkylation sites (tertiary alicyclic amines) is 1. The highest BCUT2D eigenvalue weighted by Crippen LogP contribution is 2.27. The number of aromatic nitrogens is 2. The lowest BCUT2D eigenvalue weighted by Gasteiger charge is -2.33. The van der Waals surface area contributed by atoms with Crippen LogP contribution in [0.15, 0.2) is 30.3 Å². The van der Waals surface area contributed by atoms with Gasteiger partial charge in [0.1, 0.15) is 11.8 Å². The summed E-state index contributed by atoms with van der Waals surface area (Å²) in [5, 5.41) is 16.5. The first kappa shape index (κ1) is 17.0. The second kappa shape index (κ2) is 7.39. The van der Waals surface area contributed by atoms with Gasteiger partial charge in [-0.3, -0.25) is 9.89 Å². The summed E-state index contributed by atoms with van der Waals surface area (Å²) in [4.78, 5) is 14.6. The molecular weight excluding hydrogens is 316 g/mol. The van der Waals surface area contributed by atoms with E-state index in [0.29, 0.717) is 17.9 Å². The summed E-state index contributed by atoms with van der Waals surface area (Å²) < 4.78 is 5.76. The molecule has 1 saturated heterocycles. The van der Waals surface area contributed by atoms with Crippen molar-refractivity contribution in [2.75, 3.05) is 13.1 Å². The number of aromatic amines is 1. The maximum absolute atomic E-state index is 12.8. The molecule has 1 fully saturated rings. The predicted octanol–water partition coefficient (Wildman–Crippen LogP) is 2.76. The number of para-hydroxylation sites is 1. The van der Waals surface area contributed by atoms with Gasteiger partial charge in [0, 0.05) is 24.7 Å². The van der Waals surface area contributed by atoms with E-state index in [1.165, 1.54) is 0 Å². The lowest BCUT2D eigenvalue weighted by Crippen LogP contribution is -2.45. The van der Waals surface area contributed by atoms with Crippen LogP contribution in [-0.2, 0) is 4.79 Å². The fourth-order valence-electron chi connectivity index (χ4n) is 3.23. The maximum Gasteiger partial charge on any atom is 0.263 e. The number of nitrogens with one attached hydrogen (secondary N) is 1. The summed E-state index contributed by atoms with van der Waals surface area (Å²) in [6.45, 7) is 5.09. The van der Waals surface area contributed by atoms with Gasteiger partial charge in [-0.15, -0.1) is 0 Å². The standard InChI is InChI=1S/C19H22N4O2/c1-13-10-17(22-21-13)16-7-5-9-23(12-16)19(24)14(2)25-18-8-4-3-6-15(18)11-20/h3-4,6,8,10,14,16H,5,7,9,12H2,1-2H3,(H,21,22)/t14-,16-/m1/s1. The van der Waals surface area contributed by atoms with E-state index in [4.69, 9.17) is 10.00 Å². The van der Waals surface area contributed by atoms with E-state index in [1.807, 2.05) is 17.9 Å². The summed E-state index contributed by atoms with van der Waals surface area (Å²) in [5.74, 6) is 0.647. The molecule has 1 N–H and O–H groups in total. The van der Waals surface area contributed by atoms with Gasteiger partial charge in [0.25, 0.3) is 5.91 Å². The van der Waals surface area contributed by atoms with Gasteiger partial charge in [-0.2, -0.15) is 10.4 Å². The van der Waals surface area contributed by atoms with Crippen LogP contribution in [0, 0.1) is 18.3 Å². The smallest absolute Gasteiger partial charge is 0.263 e. The fraction of sp³-hybridized carbons (Fsp3) is 0.421. The number of aryl methyl sites for hydroxylation is 1. The minimum atomic E-state index is -0.630. The SMILES string of the molecule is Cc1cc([C@@H]2CCCN(C(=O)[C@@H](C)Oc3ccccc3C#N)C2)n[nH]1. The number of hydrogen-bond acceptors (Lipinski definition) is 4. The Hall–Kier alpha value is -2.81. The first-order valence-corrected chi connectivity index (χ1v) is 8.55. The molecule has 0 unspecified atom stereocenters. The normalized spacial score (nSPS) is 18.4. The Kier molecular flexibility index (Phi) is 5.03. The molecule has 1 amide bonds. The largest absolute Gasteiger partial charge is 0.480 e. The highest BCUT2D eigenvalue weighted by molar-refractivity contribution is 5.81. The van der Waals surface area contributed by atoms with Crippen molar-refractivity contribution in [2.24, 2.45) is 0 Å². The van der Waals surface area contributed by atoms with Crippen LogP contribution in [-0.4, -0.2) is 40.2 Å². The van der Waals surface area contributed by atoms with E-state index in [9.17, 15) is 4.79 Å². The zero-order valence-corrected chi connectivity index (χ0v) is 14.5. The zero-order chi connectivity index (χ0) is 17.8. The molecule has 0 aliphatic carbocycles. The van der Waals surface area contributed by atoms with Crippen molar-refractivity contribution >= 4 is 5.91 Å². The van der Waals surface area contributed by atoms with Crippen molar-refractivity contribution in [2.45, 2.75) is 38.7 Å². The lowest BCUT2D eigenvalue weighted by molar-refractivity contribution is -0.139. The van der Waals surface area contributed by atoms with Crippen LogP contribution in [0.3, 0.4) is 0 Å². The maximum atomic E-state index is 12.8. The minimum absolute atomic E-state index is 0.0512. The highest BCUT2D eigenvalue weighted by atomic mass is 16.5. The molecule has 0 bridgehead atoms. The number of hydrogen-bond donors (Lipinski definition) is 1. The number of carbonyl (C=O) groups excluding carboxylic acids is 1. The van der Waals surface area contributed by atoms with E-state index >= 15 is 0 Å². The van der Waals surface area contributed by atoms with Gasteiger partial charge in [-0.05, 0) is 44.9 Å². The number of nitrogens with zero attached hydrogens (tertiary/aromatic N) is 3. The Morgan fingerprint density at radius 3 is 3.00 bits per heavy atom. The predicted molar refractivity (Wildman–Crippen MR) is 93.1 cm³/mol. The molecule has 3 rings (SSSR count). The number of piperidine rings is 1. The van der Waals surface area contributed by atoms with Crippen LogP contribution >= 0.6 is 0 Å². The van der Waals surface area contributed by atoms with Crippen molar-refractivity contribution in [3.05, 3.63) is 47.3 Å². The monoisotopic (exact) mass is 338 g/mol. The summed E-state index contributed by atoms with van der Waals surface area (Å²) in [6.07, 6.45) is 1.35. The topological polar surface area (TPSA) is 82.0 Å². The number of carbonyl (C=O) groups is 1. The van der Waals surface area contributed by atoms with Crippen LogP contribution in [0.2, 0.25) is 0 Å². The molecule has 2 atom stereocenters. The van der Waals surface area contributed by atoms with Gasteiger partial charge >= 0.3 is 0 Å². The lowest BCUT2D eigenvalue weighted by atomic mass is 9.94. The number of benzene rings is 1. The summed E-state index contributed by atoms with van der Waals surface area (Å²) >= 11 is 0. The molecule has 1 aliphatic heterocycles. The van der Waals surface area contributed by atoms with Crippen LogP contribution in [0.25, 0.3) is 0 Å². The Balaban J connectivity index is 1.66. The number of H-pyrrole nitrogens is 1. The van der Waals surface area contributed by atoms with Gasteiger partial charge in [-0.25, -0.2) is 0 Å². The van der Waals surface area contributed by atoms with Crippen LogP contribution in [0.5, 0.6) is 5.75 Å². The van der Waals surface area contributed by atoms with Gasteiger partial charge in [0.15, 0.2) is 6.10 Å². The number of ether oxygens (including phenoxy) is 1. The van der Waals surface area contributed by atoms with Gasteiger partial charge in [0.05, 0.1) is 11.3 Å². The third-order valence-corrected chi connectivity index (χ3v) is 4.54. The minimum Gasteiger partial charge on any atom is -0.480 e. The fourth-order valence-corrected chi connectivity index (χ4v) is 3.23. The van der Waals surface area contributed by atoms with E-state index in [1.54, 1.807) is 31.2 Å². The average Bonchev–Trinajstić information content (AvgIpc) is 3.08. The van der Waals surface area contributed by atoms with Crippen molar-refractivity contribution in [3.8, 4) is 11.8 Å². The second-order valence-corrected chi connectivity index (χ2v) is 6.47. The molecule has 2 aromatic rings. The van der Waals surface area contributed by atoms with Crippen LogP contribution in [0.1, 0.15) is 42.6 Å². The Morgan fingerprint density at radius 1 is 1.48 bits per heavy atom. The molecule has 1 aromatic carbocycles. The zero-order valence-electron chi connectivity index (χ0n) is 14.5. The molecular formula is C19H22N4O2. The summed E-state index contributed by atoms with van der Waals surface area (Å²) in [5.41, 5.74) is 2.48. The quantitative estimate of drug-likeness (QED) is 0.929. The Morgan fingerprint density at radius 2 is 2.28 bits per heavy atom. The van der Waals surface area contributed by atoms with E-state index in [2.05, 4.69) is 16.3 Å². The number of rotatable bonds is 4. The molecule has 1 aliphatic rings. The van der Waals surface area contributed by atoms with E-state index in [0.717, 1.165) is 30.8 Å². The summed E-state index contributed by atoms with van der Waals surface area (Å²) in [6, 6.07) is 11.1. The molecule has 130 valence electrons. The second-order valence-electron chi connectivity index (χ2n) is 6.47. The molecule has 2 heterocycles. The molecule has 1 aromatic heterocycles. The van der Waals surface area contributed by atoms with Crippen molar-refractivity contribution in [1.82, 2.24) is 15.1 Å². The van der Waals surface area contributed by atoms with Crippen molar-refractivity contribution < 1.29 is 9.53 Å². The van der Waals surface area contributed by atoms with Crippen molar-refractivity contribution in [3.63, 3.8) is 0 Å². The third-order valence-electron chi connectivity index (χ3n) is 4.54. The van der Waals surface area contributed by atoms with E-state index < -0.39 is 6.10 Å². The average molecular weight is 338 g/mol. The van der Waals surface area contributed by atoms with Gasteiger partial charge in [-0.1, -0.05) is 12.1 Å². The molecule has 0 spiro atoms. The first-order valence-electron chi connectivity index (χ1n) is 8.55. The molecule has 6 heteroatoms. The van der Waals surface area contributed by atoms with Crippen LogP contribution < -0.4 is 4.74 Å². The number of amides is 1. The Labute approximate surface area is 147 Å². The van der Waals surface area contributed by atoms with Gasteiger partial charge < -0.3 is 9.64 Å². The van der Waals surface area contributed by atoms with E-state index in [-0.39, 0.29) is 11.8 Å². The molecule has 25 heavy (non-hydrogen) atoms. The van der Waals surface area contributed by atoms with Crippen LogP contribution in [0.4, 0.5) is 0 Å². The summed E-state index contributed by atoms with van der Waals surface area (Å²) in [7, 11) is 0. The van der Waals surface area contributed by atoms with Crippen molar-refractivity contribution in [1.29, 1.82) is 5.26 Å². The Bertz CT molecular complexity index is 793.